The van der Waals surface area contributed by atoms with Gasteiger partial charge in [-0.15, -0.1) is 0 Å². The van der Waals surface area contributed by atoms with Gasteiger partial charge >= 0.3 is 11.9 Å². The normalized spacial score (nSPS) is 10.9. The summed E-state index contributed by atoms with van der Waals surface area (Å²) in [7, 11) is 0. The Bertz CT molecular complexity index is 799. The van der Waals surface area contributed by atoms with Crippen molar-refractivity contribution in [1.29, 1.82) is 0 Å². The monoisotopic (exact) mass is 385 g/mol. The molecule has 0 bridgehead atoms. The van der Waals surface area contributed by atoms with Crippen LogP contribution >= 0.6 is 0 Å². The van der Waals surface area contributed by atoms with Gasteiger partial charge in [-0.2, -0.15) is 0 Å². The highest BCUT2D eigenvalue weighted by Crippen LogP contribution is 2.32. The van der Waals surface area contributed by atoms with Crippen molar-refractivity contribution in [2.45, 2.75) is 26.7 Å². The molecule has 0 aliphatic carbocycles. The number of nitro benzene ring substituents is 1. The third-order valence-electron chi connectivity index (χ3n) is 4.33. The van der Waals surface area contributed by atoms with Crippen LogP contribution < -0.4 is 0 Å². The molecule has 2 aromatic carbocycles. The fourth-order valence-corrected chi connectivity index (χ4v) is 3.00. The van der Waals surface area contributed by atoms with E-state index in [4.69, 9.17) is 9.47 Å². The lowest BCUT2D eigenvalue weighted by molar-refractivity contribution is -0.384. The lowest BCUT2D eigenvalue weighted by atomic mass is 9.76. The summed E-state index contributed by atoms with van der Waals surface area (Å²) in [4.78, 5) is 36.2. The molecule has 2 aromatic rings. The van der Waals surface area contributed by atoms with Gasteiger partial charge in [0.2, 0.25) is 0 Å². The minimum absolute atomic E-state index is 0.0115. The van der Waals surface area contributed by atoms with Crippen LogP contribution in [0.1, 0.15) is 25.0 Å². The lowest BCUT2D eigenvalue weighted by Gasteiger charge is -2.29. The van der Waals surface area contributed by atoms with Gasteiger partial charge in [0.15, 0.2) is 5.41 Å². The molecule has 0 saturated carbocycles. The van der Waals surface area contributed by atoms with Gasteiger partial charge in [-0.05, 0) is 37.8 Å². The minimum Gasteiger partial charge on any atom is -0.465 e. The molecule has 7 nitrogen and oxygen atoms in total. The van der Waals surface area contributed by atoms with Crippen LogP contribution in [0.3, 0.4) is 0 Å². The standard InChI is InChI=1S/C21H23NO6/c1-3-27-19(23)21(20(24)28-4-2,14-16-8-6-5-7-9-16)15-17-10-12-18(13-11-17)22(25)26/h5-13H,3-4,14-15H2,1-2H3. The number of hydrogen-bond acceptors (Lipinski definition) is 6. The van der Waals surface area contributed by atoms with E-state index in [2.05, 4.69) is 0 Å². The Morgan fingerprint density at radius 2 is 1.32 bits per heavy atom. The number of esters is 2. The van der Waals surface area contributed by atoms with Crippen molar-refractivity contribution < 1.29 is 24.0 Å². The SMILES string of the molecule is CCOC(=O)C(Cc1ccccc1)(Cc1ccc([N+](=O)[O-])cc1)C(=O)OCC. The van der Waals surface area contributed by atoms with Crippen LogP contribution in [0.5, 0.6) is 0 Å². The molecule has 2 rings (SSSR count). The molecule has 0 fully saturated rings. The first kappa shape index (κ1) is 21.1. The molecular formula is C21H23NO6. The average Bonchev–Trinajstić information content (AvgIpc) is 2.69. The van der Waals surface area contributed by atoms with Crippen molar-refractivity contribution in [3.8, 4) is 0 Å². The number of carbonyl (C=O) groups excluding carboxylic acids is 2. The van der Waals surface area contributed by atoms with Crippen molar-refractivity contribution in [1.82, 2.24) is 0 Å². The van der Waals surface area contributed by atoms with Gasteiger partial charge in [0, 0.05) is 12.1 Å². The maximum absolute atomic E-state index is 12.9. The summed E-state index contributed by atoms with van der Waals surface area (Å²) < 4.78 is 10.5. The highest BCUT2D eigenvalue weighted by molar-refractivity contribution is 6.00. The first-order valence-electron chi connectivity index (χ1n) is 9.04. The van der Waals surface area contributed by atoms with E-state index in [0.717, 1.165) is 5.56 Å². The largest absolute Gasteiger partial charge is 0.465 e. The van der Waals surface area contributed by atoms with Crippen molar-refractivity contribution in [3.05, 3.63) is 75.8 Å². The van der Waals surface area contributed by atoms with Crippen LogP contribution in [0.15, 0.2) is 54.6 Å². The second-order valence-corrected chi connectivity index (χ2v) is 6.29. The summed E-state index contributed by atoms with van der Waals surface area (Å²) in [6.07, 6.45) is 0.111. The van der Waals surface area contributed by atoms with E-state index >= 15 is 0 Å². The summed E-state index contributed by atoms with van der Waals surface area (Å²) in [5.41, 5.74) is -0.262. The van der Waals surface area contributed by atoms with Gasteiger partial charge in [0.25, 0.3) is 5.69 Å². The van der Waals surface area contributed by atoms with Gasteiger partial charge in [-0.1, -0.05) is 42.5 Å². The summed E-state index contributed by atoms with van der Waals surface area (Å²) in [5.74, 6) is -1.34. The number of non-ortho nitro benzene ring substituents is 1. The summed E-state index contributed by atoms with van der Waals surface area (Å²) in [6, 6.07) is 14.9. The molecule has 0 atom stereocenters. The zero-order valence-electron chi connectivity index (χ0n) is 15.9. The molecule has 0 aromatic heterocycles. The first-order chi connectivity index (χ1) is 13.4. The highest BCUT2D eigenvalue weighted by Gasteiger charge is 2.49. The predicted molar refractivity (Wildman–Crippen MR) is 103 cm³/mol. The van der Waals surface area contributed by atoms with E-state index < -0.39 is 22.3 Å². The summed E-state index contributed by atoms with van der Waals surface area (Å²) in [6.45, 7) is 3.58. The molecule has 0 amide bonds. The molecule has 0 N–H and O–H groups in total. The predicted octanol–water partition coefficient (Wildman–Crippen LogP) is 3.49. The lowest BCUT2D eigenvalue weighted by Crippen LogP contribution is -2.45. The molecule has 28 heavy (non-hydrogen) atoms. The number of hydrogen-bond donors (Lipinski definition) is 0. The van der Waals surface area contributed by atoms with Crippen LogP contribution in [0, 0.1) is 15.5 Å². The number of benzene rings is 2. The average molecular weight is 385 g/mol. The molecule has 7 heteroatoms. The Labute approximate surface area is 163 Å². The molecule has 0 unspecified atom stereocenters. The molecule has 0 radical (unpaired) electrons. The Kier molecular flexibility index (Phi) is 7.26. The molecular weight excluding hydrogens is 362 g/mol. The molecule has 0 heterocycles. The van der Waals surface area contributed by atoms with Crippen LogP contribution in [0.25, 0.3) is 0 Å². The highest BCUT2D eigenvalue weighted by atomic mass is 16.6. The van der Waals surface area contributed by atoms with Crippen LogP contribution in [0.4, 0.5) is 5.69 Å². The van der Waals surface area contributed by atoms with Crippen molar-refractivity contribution in [2.24, 2.45) is 5.41 Å². The van der Waals surface area contributed by atoms with Crippen LogP contribution in [0.2, 0.25) is 0 Å². The Balaban J connectivity index is 2.48. The number of ether oxygens (including phenoxy) is 2. The maximum Gasteiger partial charge on any atom is 0.324 e. The van der Waals surface area contributed by atoms with E-state index in [1.54, 1.807) is 13.8 Å². The topological polar surface area (TPSA) is 95.7 Å². The molecule has 0 saturated heterocycles. The molecule has 0 spiro atoms. The fraction of sp³-hybridized carbons (Fsp3) is 0.333. The number of nitro groups is 1. The zero-order chi connectivity index (χ0) is 20.6. The van der Waals surface area contributed by atoms with E-state index in [0.29, 0.717) is 5.56 Å². The first-order valence-corrected chi connectivity index (χ1v) is 9.04. The number of rotatable bonds is 9. The van der Waals surface area contributed by atoms with E-state index in [1.165, 1.54) is 24.3 Å². The van der Waals surface area contributed by atoms with E-state index in [-0.39, 0.29) is 31.7 Å². The summed E-state index contributed by atoms with van der Waals surface area (Å²) in [5, 5.41) is 10.9. The van der Waals surface area contributed by atoms with E-state index in [1.807, 2.05) is 30.3 Å². The van der Waals surface area contributed by atoms with Gasteiger partial charge in [0.05, 0.1) is 18.1 Å². The third kappa shape index (κ3) is 4.94. The quantitative estimate of drug-likeness (QED) is 0.284. The van der Waals surface area contributed by atoms with Gasteiger partial charge in [0.1, 0.15) is 0 Å². The number of nitrogens with zero attached hydrogens (tertiary/aromatic N) is 1. The Hall–Kier alpha value is -3.22. The minimum atomic E-state index is -1.58. The second kappa shape index (κ2) is 9.64. The van der Waals surface area contributed by atoms with Gasteiger partial charge in [-0.25, -0.2) is 0 Å². The molecule has 0 aliphatic heterocycles. The zero-order valence-corrected chi connectivity index (χ0v) is 15.9. The second-order valence-electron chi connectivity index (χ2n) is 6.29. The van der Waals surface area contributed by atoms with E-state index in [9.17, 15) is 19.7 Å². The third-order valence-corrected chi connectivity index (χ3v) is 4.33. The van der Waals surface area contributed by atoms with Crippen molar-refractivity contribution >= 4 is 17.6 Å². The van der Waals surface area contributed by atoms with Crippen LogP contribution in [-0.2, 0) is 31.9 Å². The van der Waals surface area contributed by atoms with Crippen molar-refractivity contribution in [2.75, 3.05) is 13.2 Å². The number of carbonyl (C=O) groups is 2. The smallest absolute Gasteiger partial charge is 0.324 e. The molecule has 148 valence electrons. The Morgan fingerprint density at radius 1 is 0.857 bits per heavy atom. The van der Waals surface area contributed by atoms with Crippen LogP contribution in [-0.4, -0.2) is 30.1 Å². The van der Waals surface area contributed by atoms with Crippen molar-refractivity contribution in [3.63, 3.8) is 0 Å². The van der Waals surface area contributed by atoms with Gasteiger partial charge in [-0.3, -0.25) is 19.7 Å². The molecule has 0 aliphatic rings. The Morgan fingerprint density at radius 3 is 1.75 bits per heavy atom. The summed E-state index contributed by atoms with van der Waals surface area (Å²) >= 11 is 0. The van der Waals surface area contributed by atoms with Gasteiger partial charge < -0.3 is 9.47 Å². The maximum atomic E-state index is 12.9. The fourth-order valence-electron chi connectivity index (χ4n) is 3.00.